The summed E-state index contributed by atoms with van der Waals surface area (Å²) in [7, 11) is 0. The number of para-hydroxylation sites is 6. The smallest absolute Gasteiger partial charge is 0.137 e. The third kappa shape index (κ3) is 4.00. The summed E-state index contributed by atoms with van der Waals surface area (Å²) in [5.41, 5.74) is 13.4. The predicted octanol–water partition coefficient (Wildman–Crippen LogP) is 13.1. The second-order valence-corrected chi connectivity index (χ2v) is 13.2. The summed E-state index contributed by atoms with van der Waals surface area (Å²) in [5.74, 6) is 0. The van der Waals surface area contributed by atoms with Gasteiger partial charge >= 0.3 is 0 Å². The molecular formula is C48H30N2O. The van der Waals surface area contributed by atoms with Crippen molar-refractivity contribution in [2.45, 2.75) is 0 Å². The molecule has 0 unspecified atom stereocenters. The lowest BCUT2D eigenvalue weighted by Crippen LogP contribution is -2.03. The van der Waals surface area contributed by atoms with Gasteiger partial charge in [-0.05, 0) is 48.0 Å². The van der Waals surface area contributed by atoms with Crippen molar-refractivity contribution < 1.29 is 4.42 Å². The summed E-state index contributed by atoms with van der Waals surface area (Å²) >= 11 is 0. The summed E-state index contributed by atoms with van der Waals surface area (Å²) in [4.78, 5) is 0. The lowest BCUT2D eigenvalue weighted by Gasteiger charge is -2.21. The quantitative estimate of drug-likeness (QED) is 0.186. The van der Waals surface area contributed by atoms with Crippen LogP contribution >= 0.6 is 0 Å². The molecule has 0 atom stereocenters. The molecule has 11 rings (SSSR count). The molecule has 0 spiro atoms. The van der Waals surface area contributed by atoms with E-state index < -0.39 is 0 Å². The highest BCUT2D eigenvalue weighted by Crippen LogP contribution is 2.46. The van der Waals surface area contributed by atoms with E-state index in [4.69, 9.17) is 4.42 Å². The van der Waals surface area contributed by atoms with Crippen LogP contribution in [0.3, 0.4) is 0 Å². The van der Waals surface area contributed by atoms with Crippen molar-refractivity contribution in [2.75, 3.05) is 0 Å². The number of aromatic nitrogens is 2. The van der Waals surface area contributed by atoms with Gasteiger partial charge in [0.1, 0.15) is 11.2 Å². The Kier molecular flexibility index (Phi) is 5.96. The van der Waals surface area contributed by atoms with E-state index in [1.807, 2.05) is 6.07 Å². The van der Waals surface area contributed by atoms with E-state index in [-0.39, 0.29) is 0 Å². The monoisotopic (exact) mass is 650 g/mol. The molecule has 3 aromatic heterocycles. The van der Waals surface area contributed by atoms with Crippen molar-refractivity contribution in [3.8, 4) is 33.6 Å². The fourth-order valence-electron chi connectivity index (χ4n) is 8.43. The maximum absolute atomic E-state index is 6.46. The van der Waals surface area contributed by atoms with Gasteiger partial charge in [0.05, 0.1) is 38.8 Å². The fourth-order valence-corrected chi connectivity index (χ4v) is 8.43. The molecule has 0 N–H and O–H groups in total. The van der Waals surface area contributed by atoms with E-state index >= 15 is 0 Å². The molecule has 0 aliphatic heterocycles. The average molecular weight is 651 g/mol. The lowest BCUT2D eigenvalue weighted by molar-refractivity contribution is 0.669. The number of fused-ring (bicyclic) bond motifs is 10. The van der Waals surface area contributed by atoms with Crippen LogP contribution in [0.2, 0.25) is 0 Å². The van der Waals surface area contributed by atoms with Gasteiger partial charge in [-0.25, -0.2) is 0 Å². The molecule has 51 heavy (non-hydrogen) atoms. The molecule has 0 bridgehead atoms. The predicted molar refractivity (Wildman–Crippen MR) is 213 cm³/mol. The first-order valence-corrected chi connectivity index (χ1v) is 17.5. The van der Waals surface area contributed by atoms with Crippen LogP contribution in [0.5, 0.6) is 0 Å². The van der Waals surface area contributed by atoms with Crippen molar-refractivity contribution in [3.63, 3.8) is 0 Å². The van der Waals surface area contributed by atoms with Gasteiger partial charge in [0.25, 0.3) is 0 Å². The van der Waals surface area contributed by atoms with E-state index in [2.05, 4.69) is 185 Å². The first kappa shape index (κ1) is 28.0. The van der Waals surface area contributed by atoms with Gasteiger partial charge in [-0.2, -0.15) is 0 Å². The maximum Gasteiger partial charge on any atom is 0.137 e. The van der Waals surface area contributed by atoms with Crippen LogP contribution in [0.1, 0.15) is 0 Å². The highest BCUT2D eigenvalue weighted by Gasteiger charge is 2.24. The summed E-state index contributed by atoms with van der Waals surface area (Å²) in [6.45, 7) is 0. The Balaban J connectivity index is 1.31. The van der Waals surface area contributed by atoms with E-state index in [1.165, 1.54) is 43.7 Å². The topological polar surface area (TPSA) is 23.0 Å². The van der Waals surface area contributed by atoms with Crippen LogP contribution in [0.4, 0.5) is 0 Å². The number of furan rings is 1. The van der Waals surface area contributed by atoms with Gasteiger partial charge in [0, 0.05) is 43.6 Å². The minimum atomic E-state index is 0.891. The highest BCUT2D eigenvalue weighted by molar-refractivity contribution is 6.24. The lowest BCUT2D eigenvalue weighted by atomic mass is 9.94. The van der Waals surface area contributed by atoms with Crippen LogP contribution in [0.25, 0.3) is 99.2 Å². The van der Waals surface area contributed by atoms with Crippen molar-refractivity contribution in [2.24, 2.45) is 0 Å². The molecule has 3 heteroatoms. The Bertz CT molecular complexity index is 3090. The zero-order chi connectivity index (χ0) is 33.5. The third-order valence-electron chi connectivity index (χ3n) is 10.5. The van der Waals surface area contributed by atoms with Crippen molar-refractivity contribution in [1.82, 2.24) is 9.13 Å². The average Bonchev–Trinajstić information content (AvgIpc) is 3.86. The molecule has 0 saturated carbocycles. The highest BCUT2D eigenvalue weighted by atomic mass is 16.3. The van der Waals surface area contributed by atoms with Crippen LogP contribution in [0, 0.1) is 0 Å². The number of hydrogen-bond donors (Lipinski definition) is 0. The molecule has 8 aromatic carbocycles. The first-order chi connectivity index (χ1) is 25.3. The van der Waals surface area contributed by atoms with E-state index in [9.17, 15) is 0 Å². The number of hydrogen-bond acceptors (Lipinski definition) is 1. The van der Waals surface area contributed by atoms with Crippen molar-refractivity contribution in [1.29, 1.82) is 0 Å². The molecule has 0 aliphatic carbocycles. The van der Waals surface area contributed by atoms with Crippen molar-refractivity contribution in [3.05, 3.63) is 182 Å². The van der Waals surface area contributed by atoms with Gasteiger partial charge in [0.2, 0.25) is 0 Å². The second kappa shape index (κ2) is 10.8. The summed E-state index contributed by atoms with van der Waals surface area (Å²) < 4.78 is 11.4. The summed E-state index contributed by atoms with van der Waals surface area (Å²) in [5, 5.41) is 7.17. The molecule has 3 heterocycles. The maximum atomic E-state index is 6.46. The van der Waals surface area contributed by atoms with Crippen molar-refractivity contribution >= 4 is 65.6 Å². The standard InChI is InChI=1S/C48H30N2O/c1-2-15-31(16-3-1)32-22-14-23-37(47(32)49-40-24-9-4-17-33(40)34-18-5-10-25-41(34)49)35-19-6-11-26-42(35)50-43-27-12-7-20-36(43)38-29-30-45-46(48(38)50)39-21-8-13-28-44(39)51-45/h1-30H. The third-order valence-corrected chi connectivity index (χ3v) is 10.5. The molecule has 0 amide bonds. The van der Waals surface area contributed by atoms with E-state index in [0.29, 0.717) is 0 Å². The van der Waals surface area contributed by atoms with E-state index in [1.54, 1.807) is 0 Å². The van der Waals surface area contributed by atoms with Gasteiger partial charge in [-0.1, -0.05) is 140 Å². The molecule has 0 radical (unpaired) electrons. The molecular weight excluding hydrogens is 621 g/mol. The van der Waals surface area contributed by atoms with Crippen LogP contribution in [0.15, 0.2) is 186 Å². The zero-order valence-electron chi connectivity index (χ0n) is 27.6. The van der Waals surface area contributed by atoms with Gasteiger partial charge in [0.15, 0.2) is 0 Å². The molecule has 3 nitrogen and oxygen atoms in total. The largest absolute Gasteiger partial charge is 0.456 e. The number of nitrogens with zero attached hydrogens (tertiary/aromatic N) is 2. The van der Waals surface area contributed by atoms with Crippen LogP contribution in [-0.4, -0.2) is 9.13 Å². The normalized spacial score (nSPS) is 11.9. The van der Waals surface area contributed by atoms with Gasteiger partial charge in [-0.3, -0.25) is 0 Å². The number of rotatable bonds is 4. The Hall–Kier alpha value is -6.84. The Labute approximate surface area is 293 Å². The number of benzene rings is 8. The van der Waals surface area contributed by atoms with Gasteiger partial charge in [-0.15, -0.1) is 0 Å². The van der Waals surface area contributed by atoms with Crippen LogP contribution < -0.4 is 0 Å². The zero-order valence-corrected chi connectivity index (χ0v) is 27.6. The molecule has 238 valence electrons. The second-order valence-electron chi connectivity index (χ2n) is 13.2. The molecule has 0 aliphatic rings. The van der Waals surface area contributed by atoms with E-state index in [0.717, 1.165) is 55.5 Å². The minimum Gasteiger partial charge on any atom is -0.456 e. The van der Waals surface area contributed by atoms with Crippen LogP contribution in [-0.2, 0) is 0 Å². The SMILES string of the molecule is c1ccc(-c2cccc(-c3ccccc3-n3c4ccccc4c4ccc5oc6ccccc6c5c43)c2-n2c3ccccc3c3ccccc32)cc1. The summed E-state index contributed by atoms with van der Waals surface area (Å²) in [6.07, 6.45) is 0. The van der Waals surface area contributed by atoms with Gasteiger partial charge < -0.3 is 13.6 Å². The Morgan fingerprint density at radius 3 is 1.63 bits per heavy atom. The Morgan fingerprint density at radius 1 is 0.333 bits per heavy atom. The Morgan fingerprint density at radius 2 is 0.882 bits per heavy atom. The molecule has 0 saturated heterocycles. The summed E-state index contributed by atoms with van der Waals surface area (Å²) in [6, 6.07) is 65.5. The first-order valence-electron chi connectivity index (χ1n) is 17.5. The minimum absolute atomic E-state index is 0.891. The molecule has 0 fully saturated rings. The fraction of sp³-hybridized carbons (Fsp3) is 0. The molecule has 11 aromatic rings.